The summed E-state index contributed by atoms with van der Waals surface area (Å²) in [6.45, 7) is 1.77. The van der Waals surface area contributed by atoms with Gasteiger partial charge in [-0.15, -0.1) is 12.3 Å². The topological polar surface area (TPSA) is 72.2 Å². The summed E-state index contributed by atoms with van der Waals surface area (Å²) >= 11 is 3.07. The van der Waals surface area contributed by atoms with E-state index in [0.717, 1.165) is 0 Å². The van der Waals surface area contributed by atoms with Crippen LogP contribution in [0.5, 0.6) is 0 Å². The molecule has 94 valence electrons. The van der Waals surface area contributed by atoms with Gasteiger partial charge in [-0.25, -0.2) is 0 Å². The number of hydrogen-bond acceptors (Lipinski definition) is 3. The van der Waals surface area contributed by atoms with Gasteiger partial charge in [0.05, 0.1) is 10.5 Å². The highest BCUT2D eigenvalue weighted by Gasteiger charge is 2.20. The van der Waals surface area contributed by atoms with E-state index in [-0.39, 0.29) is 21.8 Å². The summed E-state index contributed by atoms with van der Waals surface area (Å²) in [5.74, 6) is 2.04. The molecule has 0 radical (unpaired) electrons. The first-order chi connectivity index (χ1) is 8.47. The first kappa shape index (κ1) is 14.2. The third kappa shape index (κ3) is 3.31. The minimum absolute atomic E-state index is 0.146. The summed E-state index contributed by atoms with van der Waals surface area (Å²) in [6.07, 6.45) is 5.54. The fraction of sp³-hybridized carbons (Fsp3) is 0.250. The average molecular weight is 311 g/mol. The normalized spacial score (nSPS) is 11.4. The van der Waals surface area contributed by atoms with Crippen LogP contribution < -0.4 is 5.32 Å². The van der Waals surface area contributed by atoms with Crippen molar-refractivity contribution in [1.29, 1.82) is 0 Å². The minimum atomic E-state index is -0.550. The fourth-order valence-corrected chi connectivity index (χ4v) is 1.95. The zero-order valence-corrected chi connectivity index (χ0v) is 11.2. The second-order valence-corrected chi connectivity index (χ2v) is 4.47. The number of carbonyl (C=O) groups is 1. The van der Waals surface area contributed by atoms with Crippen molar-refractivity contribution >= 4 is 27.5 Å². The number of nitro benzene ring substituents is 1. The van der Waals surface area contributed by atoms with Crippen molar-refractivity contribution in [2.45, 2.75) is 19.4 Å². The molecule has 0 heterocycles. The molecular formula is C12H11BrN2O3. The highest BCUT2D eigenvalue weighted by molar-refractivity contribution is 9.10. The zero-order valence-electron chi connectivity index (χ0n) is 9.64. The quantitative estimate of drug-likeness (QED) is 0.527. The third-order valence-corrected chi connectivity index (χ3v) is 3.05. The molecule has 0 aliphatic carbocycles. The van der Waals surface area contributed by atoms with Crippen LogP contribution in [-0.2, 0) is 0 Å². The number of carbonyl (C=O) groups excluding carboxylic acids is 1. The van der Waals surface area contributed by atoms with Gasteiger partial charge in [0.25, 0.3) is 11.6 Å². The zero-order chi connectivity index (χ0) is 13.7. The lowest BCUT2D eigenvalue weighted by Gasteiger charge is -2.11. The standard InChI is InChI=1S/C12H11BrN2O3/c1-3-5-8(2)14-12(16)9-6-4-7-10(11(9)13)15(17)18/h1,4,6-8H,5H2,2H3,(H,14,16). The van der Waals surface area contributed by atoms with Crippen LogP contribution >= 0.6 is 15.9 Å². The van der Waals surface area contributed by atoms with Crippen molar-refractivity contribution in [3.05, 3.63) is 38.3 Å². The van der Waals surface area contributed by atoms with Crippen molar-refractivity contribution < 1.29 is 9.72 Å². The summed E-state index contributed by atoms with van der Waals surface area (Å²) in [6, 6.07) is 4.11. The molecule has 1 unspecified atom stereocenters. The van der Waals surface area contributed by atoms with E-state index in [4.69, 9.17) is 6.42 Å². The van der Waals surface area contributed by atoms with Crippen LogP contribution in [0.15, 0.2) is 22.7 Å². The van der Waals surface area contributed by atoms with Gasteiger partial charge in [0.2, 0.25) is 0 Å². The highest BCUT2D eigenvalue weighted by Crippen LogP contribution is 2.28. The van der Waals surface area contributed by atoms with Crippen LogP contribution in [0.25, 0.3) is 0 Å². The molecule has 6 heteroatoms. The smallest absolute Gasteiger partial charge is 0.284 e. The molecule has 0 aliphatic heterocycles. The van der Waals surface area contributed by atoms with E-state index < -0.39 is 10.8 Å². The number of terminal acetylenes is 1. The molecule has 5 nitrogen and oxygen atoms in total. The van der Waals surface area contributed by atoms with Gasteiger partial charge in [0.15, 0.2) is 0 Å². The average Bonchev–Trinajstić information content (AvgIpc) is 2.28. The highest BCUT2D eigenvalue weighted by atomic mass is 79.9. The Morgan fingerprint density at radius 2 is 2.33 bits per heavy atom. The van der Waals surface area contributed by atoms with Gasteiger partial charge in [0.1, 0.15) is 4.47 Å². The Hall–Kier alpha value is -1.87. The van der Waals surface area contributed by atoms with Crippen molar-refractivity contribution in [3.63, 3.8) is 0 Å². The molecule has 0 saturated carbocycles. The Morgan fingerprint density at radius 1 is 1.67 bits per heavy atom. The Morgan fingerprint density at radius 3 is 2.89 bits per heavy atom. The molecule has 0 fully saturated rings. The predicted molar refractivity (Wildman–Crippen MR) is 71.2 cm³/mol. The molecule has 1 aromatic carbocycles. The van der Waals surface area contributed by atoms with Gasteiger partial charge >= 0.3 is 0 Å². The summed E-state index contributed by atoms with van der Waals surface area (Å²) in [5.41, 5.74) is 0.0697. The largest absolute Gasteiger partial charge is 0.349 e. The molecule has 1 rings (SSSR count). The fourth-order valence-electron chi connectivity index (χ4n) is 1.37. The van der Waals surface area contributed by atoms with Crippen LogP contribution in [0, 0.1) is 22.5 Å². The number of nitrogens with one attached hydrogen (secondary N) is 1. The molecule has 0 spiro atoms. The van der Waals surface area contributed by atoms with Gasteiger partial charge in [-0.3, -0.25) is 14.9 Å². The number of nitro groups is 1. The molecule has 1 aromatic rings. The number of rotatable bonds is 4. The first-order valence-corrected chi connectivity index (χ1v) is 5.94. The molecule has 0 aromatic heterocycles. The maximum Gasteiger partial charge on any atom is 0.284 e. The van der Waals surface area contributed by atoms with Crippen LogP contribution in [0.4, 0.5) is 5.69 Å². The van der Waals surface area contributed by atoms with Gasteiger partial charge in [-0.05, 0) is 28.9 Å². The van der Waals surface area contributed by atoms with E-state index in [0.29, 0.717) is 6.42 Å². The maximum atomic E-state index is 11.9. The Labute approximate surface area is 113 Å². The van der Waals surface area contributed by atoms with Crippen molar-refractivity contribution in [3.8, 4) is 12.3 Å². The van der Waals surface area contributed by atoms with Crippen molar-refractivity contribution in [2.24, 2.45) is 0 Å². The molecule has 1 N–H and O–H groups in total. The number of nitrogens with zero attached hydrogens (tertiary/aromatic N) is 1. The van der Waals surface area contributed by atoms with Crippen LogP contribution in [-0.4, -0.2) is 16.9 Å². The van der Waals surface area contributed by atoms with Gasteiger partial charge in [-0.1, -0.05) is 6.07 Å². The maximum absolute atomic E-state index is 11.9. The number of benzene rings is 1. The summed E-state index contributed by atoms with van der Waals surface area (Å²) < 4.78 is 0.167. The van der Waals surface area contributed by atoms with E-state index in [9.17, 15) is 14.9 Å². The second-order valence-electron chi connectivity index (χ2n) is 3.68. The molecule has 0 bridgehead atoms. The van der Waals surface area contributed by atoms with Gasteiger partial charge in [-0.2, -0.15) is 0 Å². The van der Waals surface area contributed by atoms with E-state index >= 15 is 0 Å². The van der Waals surface area contributed by atoms with E-state index in [1.54, 1.807) is 6.92 Å². The Balaban J connectivity index is 2.97. The van der Waals surface area contributed by atoms with E-state index in [2.05, 4.69) is 27.2 Å². The van der Waals surface area contributed by atoms with E-state index in [1.165, 1.54) is 18.2 Å². The number of hydrogen-bond donors (Lipinski definition) is 1. The molecule has 18 heavy (non-hydrogen) atoms. The Bertz CT molecular complexity index is 523. The molecule has 1 amide bonds. The van der Waals surface area contributed by atoms with Crippen molar-refractivity contribution in [2.75, 3.05) is 0 Å². The summed E-state index contributed by atoms with van der Waals surface area (Å²) in [5, 5.41) is 13.4. The minimum Gasteiger partial charge on any atom is -0.349 e. The predicted octanol–water partition coefficient (Wildman–Crippen LogP) is 2.50. The van der Waals surface area contributed by atoms with Crippen LogP contribution in [0.1, 0.15) is 23.7 Å². The SMILES string of the molecule is C#CCC(C)NC(=O)c1cccc([N+](=O)[O-])c1Br. The second kappa shape index (κ2) is 6.17. The number of halogens is 1. The first-order valence-electron chi connectivity index (χ1n) is 5.14. The third-order valence-electron chi connectivity index (χ3n) is 2.22. The summed E-state index contributed by atoms with van der Waals surface area (Å²) in [4.78, 5) is 22.1. The van der Waals surface area contributed by atoms with Crippen molar-refractivity contribution in [1.82, 2.24) is 5.32 Å². The monoisotopic (exact) mass is 310 g/mol. The summed E-state index contributed by atoms with van der Waals surface area (Å²) in [7, 11) is 0. The van der Waals surface area contributed by atoms with Gasteiger partial charge in [0, 0.05) is 18.5 Å². The number of amides is 1. The lowest BCUT2D eigenvalue weighted by atomic mass is 10.1. The molecule has 1 atom stereocenters. The Kier molecular flexibility index (Phi) is 4.86. The molecule has 0 aliphatic rings. The van der Waals surface area contributed by atoms with Gasteiger partial charge < -0.3 is 5.32 Å². The molecule has 0 saturated heterocycles. The molecular weight excluding hydrogens is 300 g/mol. The van der Waals surface area contributed by atoms with Crippen LogP contribution in [0.3, 0.4) is 0 Å². The lowest BCUT2D eigenvalue weighted by Crippen LogP contribution is -2.32. The van der Waals surface area contributed by atoms with E-state index in [1.807, 2.05) is 0 Å². The lowest BCUT2D eigenvalue weighted by molar-refractivity contribution is -0.385. The van der Waals surface area contributed by atoms with Crippen LogP contribution in [0.2, 0.25) is 0 Å².